The van der Waals surface area contributed by atoms with Gasteiger partial charge in [-0.15, -0.1) is 0 Å². The number of pyridine rings is 1. The molecule has 140 valence electrons. The van der Waals surface area contributed by atoms with Crippen LogP contribution in [0.2, 0.25) is 0 Å². The van der Waals surface area contributed by atoms with Gasteiger partial charge in [-0.1, -0.05) is 0 Å². The van der Waals surface area contributed by atoms with E-state index in [1.165, 1.54) is 0 Å². The Balaban J connectivity index is 1.90. The van der Waals surface area contributed by atoms with E-state index in [1.54, 1.807) is 12.1 Å². The molecule has 2 aromatic rings. The first kappa shape index (κ1) is 17.7. The van der Waals surface area contributed by atoms with Crippen molar-refractivity contribution in [3.63, 3.8) is 0 Å². The number of allylic oxidation sites excluding steroid dienone is 1. The monoisotopic (exact) mass is 365 g/mol. The number of anilines is 1. The number of benzene rings is 1. The minimum absolute atomic E-state index is 0.00864. The molecule has 1 aromatic carbocycles. The Morgan fingerprint density at radius 2 is 1.96 bits per heavy atom. The molecule has 1 unspecified atom stereocenters. The van der Waals surface area contributed by atoms with E-state index in [9.17, 15) is 9.18 Å². The largest absolute Gasteiger partial charge is 0.363 e. The van der Waals surface area contributed by atoms with Crippen molar-refractivity contribution in [2.75, 3.05) is 25.5 Å². The summed E-state index contributed by atoms with van der Waals surface area (Å²) in [5, 5.41) is 2.98. The SMILES string of the molecule is CC1=C2CC(CCNC2=O)Cc2c1cc(F)cc2-c1ccc(N(C)C)nc1. The van der Waals surface area contributed by atoms with Crippen molar-refractivity contribution >= 4 is 17.3 Å². The number of amides is 1. The van der Waals surface area contributed by atoms with E-state index in [2.05, 4.69) is 10.3 Å². The summed E-state index contributed by atoms with van der Waals surface area (Å²) < 4.78 is 14.5. The van der Waals surface area contributed by atoms with E-state index in [1.807, 2.05) is 44.2 Å². The molecule has 2 heterocycles. The predicted octanol–water partition coefficient (Wildman–Crippen LogP) is 3.81. The van der Waals surface area contributed by atoms with Gasteiger partial charge in [0.05, 0.1) is 0 Å². The van der Waals surface area contributed by atoms with E-state index >= 15 is 0 Å². The van der Waals surface area contributed by atoms with E-state index in [4.69, 9.17) is 0 Å². The van der Waals surface area contributed by atoms with Crippen LogP contribution >= 0.6 is 0 Å². The number of hydrogen-bond donors (Lipinski definition) is 1. The molecule has 27 heavy (non-hydrogen) atoms. The molecule has 1 aromatic heterocycles. The first-order valence-corrected chi connectivity index (χ1v) is 9.38. The van der Waals surface area contributed by atoms with Crippen molar-refractivity contribution in [1.82, 2.24) is 10.3 Å². The first-order chi connectivity index (χ1) is 12.9. The number of halogens is 1. The van der Waals surface area contributed by atoms with E-state index < -0.39 is 0 Å². The fourth-order valence-corrected chi connectivity index (χ4v) is 4.19. The number of nitrogens with one attached hydrogen (secondary N) is 1. The number of rotatable bonds is 2. The summed E-state index contributed by atoms with van der Waals surface area (Å²) in [7, 11) is 3.89. The maximum Gasteiger partial charge on any atom is 0.247 e. The van der Waals surface area contributed by atoms with Crippen LogP contribution in [-0.2, 0) is 11.2 Å². The second kappa shape index (κ2) is 6.80. The Kier molecular flexibility index (Phi) is 4.46. The van der Waals surface area contributed by atoms with Gasteiger partial charge in [0, 0.05) is 38.0 Å². The molecule has 0 saturated carbocycles. The van der Waals surface area contributed by atoms with Gasteiger partial charge in [-0.25, -0.2) is 9.37 Å². The molecule has 1 fully saturated rings. The van der Waals surface area contributed by atoms with Gasteiger partial charge >= 0.3 is 0 Å². The number of nitrogens with zero attached hydrogens (tertiary/aromatic N) is 2. The molecule has 1 N–H and O–H groups in total. The van der Waals surface area contributed by atoms with Crippen LogP contribution in [0, 0.1) is 11.7 Å². The van der Waals surface area contributed by atoms with Crippen LogP contribution in [0.1, 0.15) is 30.9 Å². The van der Waals surface area contributed by atoms with Crippen LogP contribution in [0.25, 0.3) is 16.7 Å². The fraction of sp³-hybridized carbons (Fsp3) is 0.364. The Morgan fingerprint density at radius 1 is 1.19 bits per heavy atom. The second-order valence-electron chi connectivity index (χ2n) is 7.70. The number of hydrogen-bond acceptors (Lipinski definition) is 3. The molecule has 1 aliphatic carbocycles. The number of aromatic nitrogens is 1. The summed E-state index contributed by atoms with van der Waals surface area (Å²) in [5.74, 6) is 0.956. The summed E-state index contributed by atoms with van der Waals surface area (Å²) in [4.78, 5) is 18.9. The van der Waals surface area contributed by atoms with Gasteiger partial charge in [0.15, 0.2) is 0 Å². The van der Waals surface area contributed by atoms with Gasteiger partial charge in [-0.3, -0.25) is 4.79 Å². The molecule has 2 bridgehead atoms. The minimum atomic E-state index is -0.282. The Bertz CT molecular complexity index is 931. The molecule has 0 radical (unpaired) electrons. The number of carbonyl (C=O) groups is 1. The van der Waals surface area contributed by atoms with E-state index in [0.29, 0.717) is 12.5 Å². The third-order valence-electron chi connectivity index (χ3n) is 5.69. The lowest BCUT2D eigenvalue weighted by Gasteiger charge is -2.19. The zero-order valence-electron chi connectivity index (χ0n) is 16.0. The van der Waals surface area contributed by atoms with Crippen LogP contribution in [0.3, 0.4) is 0 Å². The third-order valence-corrected chi connectivity index (χ3v) is 5.69. The van der Waals surface area contributed by atoms with Crippen LogP contribution in [0.5, 0.6) is 0 Å². The second-order valence-corrected chi connectivity index (χ2v) is 7.70. The first-order valence-electron chi connectivity index (χ1n) is 9.38. The van der Waals surface area contributed by atoms with Gasteiger partial charge in [0.1, 0.15) is 11.6 Å². The van der Waals surface area contributed by atoms with Crippen LogP contribution in [0.4, 0.5) is 10.2 Å². The summed E-state index contributed by atoms with van der Waals surface area (Å²) in [6.07, 6.45) is 4.35. The van der Waals surface area contributed by atoms with E-state index in [0.717, 1.165) is 58.5 Å². The number of carbonyl (C=O) groups excluding carboxylic acids is 1. The minimum Gasteiger partial charge on any atom is -0.363 e. The number of fused-ring (bicyclic) bond motifs is 3. The fourth-order valence-electron chi connectivity index (χ4n) is 4.19. The van der Waals surface area contributed by atoms with Crippen LogP contribution in [-0.4, -0.2) is 31.5 Å². The standard InChI is InChI=1S/C22H24FN3O/c1-13-17-10-16(23)11-19(15-4-5-21(25-12-15)26(2)3)20(17)9-14-6-7-24-22(27)18(13)8-14/h4-5,10-12,14H,6-9H2,1-3H3,(H,24,27). The maximum atomic E-state index is 14.5. The zero-order valence-corrected chi connectivity index (χ0v) is 16.0. The highest BCUT2D eigenvalue weighted by Gasteiger charge is 2.29. The molecule has 5 heteroatoms. The highest BCUT2D eigenvalue weighted by Crippen LogP contribution is 2.40. The van der Waals surface area contributed by atoms with Crippen molar-refractivity contribution < 1.29 is 9.18 Å². The van der Waals surface area contributed by atoms with Gasteiger partial charge < -0.3 is 10.2 Å². The van der Waals surface area contributed by atoms with Crippen molar-refractivity contribution in [2.24, 2.45) is 5.92 Å². The molecule has 1 aliphatic heterocycles. The third kappa shape index (κ3) is 3.22. The lowest BCUT2D eigenvalue weighted by atomic mass is 9.87. The Hall–Kier alpha value is -2.69. The molecule has 1 amide bonds. The highest BCUT2D eigenvalue weighted by atomic mass is 19.1. The Morgan fingerprint density at radius 3 is 2.67 bits per heavy atom. The average molecular weight is 365 g/mol. The van der Waals surface area contributed by atoms with Crippen LogP contribution < -0.4 is 10.2 Å². The normalized spacial score (nSPS) is 19.1. The highest BCUT2D eigenvalue weighted by molar-refractivity contribution is 6.02. The van der Waals surface area contributed by atoms with Crippen molar-refractivity contribution in [3.05, 3.63) is 53.0 Å². The summed E-state index contributed by atoms with van der Waals surface area (Å²) in [6.45, 7) is 2.64. The van der Waals surface area contributed by atoms with Gasteiger partial charge in [-0.2, -0.15) is 0 Å². The Labute approximate surface area is 159 Å². The zero-order chi connectivity index (χ0) is 19.1. The molecular formula is C22H24FN3O. The van der Waals surface area contributed by atoms with Gasteiger partial charge in [0.25, 0.3) is 0 Å². The smallest absolute Gasteiger partial charge is 0.247 e. The summed E-state index contributed by atoms with van der Waals surface area (Å²) >= 11 is 0. The quantitative estimate of drug-likeness (QED) is 0.880. The van der Waals surface area contributed by atoms with Crippen LogP contribution in [0.15, 0.2) is 36.0 Å². The summed E-state index contributed by atoms with van der Waals surface area (Å²) in [6, 6.07) is 7.13. The predicted molar refractivity (Wildman–Crippen MR) is 106 cm³/mol. The van der Waals surface area contributed by atoms with Gasteiger partial charge in [-0.05, 0) is 78.6 Å². The van der Waals surface area contributed by atoms with E-state index in [-0.39, 0.29) is 11.7 Å². The topological polar surface area (TPSA) is 45.2 Å². The molecule has 1 atom stereocenters. The average Bonchev–Trinajstić information content (AvgIpc) is 2.91. The lowest BCUT2D eigenvalue weighted by Crippen LogP contribution is -2.24. The van der Waals surface area contributed by atoms with Crippen molar-refractivity contribution in [1.29, 1.82) is 0 Å². The maximum absolute atomic E-state index is 14.5. The molecular weight excluding hydrogens is 341 g/mol. The molecule has 4 rings (SSSR count). The lowest BCUT2D eigenvalue weighted by molar-refractivity contribution is -0.117. The molecule has 2 aliphatic rings. The summed E-state index contributed by atoms with van der Waals surface area (Å²) in [5.41, 5.74) is 5.47. The molecule has 4 nitrogen and oxygen atoms in total. The van der Waals surface area contributed by atoms with Crippen molar-refractivity contribution in [2.45, 2.75) is 26.2 Å². The van der Waals surface area contributed by atoms with Crippen molar-refractivity contribution in [3.8, 4) is 11.1 Å². The molecule has 1 saturated heterocycles. The van der Waals surface area contributed by atoms with Gasteiger partial charge in [0.2, 0.25) is 5.91 Å². The molecule has 0 spiro atoms.